The fourth-order valence-electron chi connectivity index (χ4n) is 3.32. The molecule has 0 aliphatic carbocycles. The monoisotopic (exact) mass is 449 g/mol. The molecule has 156 valence electrons. The summed E-state index contributed by atoms with van der Waals surface area (Å²) in [6.45, 7) is 8.38. The van der Waals surface area contributed by atoms with Gasteiger partial charge in [0.15, 0.2) is 5.16 Å². The molecule has 3 rings (SSSR count). The van der Waals surface area contributed by atoms with E-state index < -0.39 is 0 Å². The predicted octanol–water partition coefficient (Wildman–Crippen LogP) is 5.24. The smallest absolute Gasteiger partial charge is 0.263 e. The second kappa shape index (κ2) is 9.45. The molecule has 5 nitrogen and oxygen atoms in total. The molecule has 0 aliphatic rings. The maximum atomic E-state index is 13.0. The van der Waals surface area contributed by atoms with Crippen molar-refractivity contribution in [3.63, 3.8) is 0 Å². The Kier molecular flexibility index (Phi) is 7.19. The molecule has 0 saturated heterocycles. The molecular formula is C21H27N3O2S3. The zero-order valence-electron chi connectivity index (χ0n) is 17.5. The van der Waals surface area contributed by atoms with Crippen molar-refractivity contribution in [3.05, 3.63) is 33.2 Å². The molecule has 0 N–H and O–H groups in total. The van der Waals surface area contributed by atoms with E-state index in [9.17, 15) is 9.59 Å². The zero-order valence-corrected chi connectivity index (χ0v) is 19.9. The molecule has 0 spiro atoms. The summed E-state index contributed by atoms with van der Waals surface area (Å²) in [7, 11) is 1.73. The van der Waals surface area contributed by atoms with E-state index in [-0.39, 0.29) is 29.3 Å². The van der Waals surface area contributed by atoms with Crippen LogP contribution in [0.1, 0.15) is 40.5 Å². The first-order chi connectivity index (χ1) is 13.9. The maximum absolute atomic E-state index is 13.0. The highest BCUT2D eigenvalue weighted by Crippen LogP contribution is 2.34. The maximum Gasteiger partial charge on any atom is 0.263 e. The van der Waals surface area contributed by atoms with Crippen molar-refractivity contribution in [2.45, 2.75) is 57.8 Å². The van der Waals surface area contributed by atoms with Gasteiger partial charge >= 0.3 is 0 Å². The molecule has 0 bridgehead atoms. The van der Waals surface area contributed by atoms with Gasteiger partial charge in [-0.25, -0.2) is 4.98 Å². The Morgan fingerprint density at radius 2 is 1.93 bits per heavy atom. The second-order valence-electron chi connectivity index (χ2n) is 7.17. The third kappa shape index (κ3) is 4.44. The molecular weight excluding hydrogens is 422 g/mol. The molecule has 0 radical (unpaired) electrons. The summed E-state index contributed by atoms with van der Waals surface area (Å²) in [5.41, 5.74) is 0.885. The van der Waals surface area contributed by atoms with Crippen LogP contribution in [0.2, 0.25) is 0 Å². The lowest BCUT2D eigenvalue weighted by Gasteiger charge is -2.34. The van der Waals surface area contributed by atoms with Crippen LogP contribution in [0, 0.1) is 0 Å². The number of carbonyl (C=O) groups excluding carboxylic acids is 1. The molecule has 0 saturated carbocycles. The van der Waals surface area contributed by atoms with Gasteiger partial charge < -0.3 is 4.90 Å². The largest absolute Gasteiger partial charge is 0.337 e. The topological polar surface area (TPSA) is 55.2 Å². The number of nitrogens with zero attached hydrogens (tertiary/aromatic N) is 3. The van der Waals surface area contributed by atoms with Gasteiger partial charge in [0.2, 0.25) is 5.91 Å². The van der Waals surface area contributed by atoms with Gasteiger partial charge in [-0.05, 0) is 38.1 Å². The molecule has 3 aromatic rings. The minimum Gasteiger partial charge on any atom is -0.337 e. The van der Waals surface area contributed by atoms with Crippen LogP contribution < -0.4 is 5.56 Å². The van der Waals surface area contributed by atoms with Crippen LogP contribution >= 0.6 is 34.4 Å². The third-order valence-corrected chi connectivity index (χ3v) is 8.09. The van der Waals surface area contributed by atoms with Gasteiger partial charge in [-0.15, -0.1) is 22.7 Å². The molecule has 1 amide bonds. The number of hydrogen-bond acceptors (Lipinski definition) is 6. The fourth-order valence-corrected chi connectivity index (χ4v) is 5.96. The van der Waals surface area contributed by atoms with E-state index in [4.69, 9.17) is 4.98 Å². The Bertz CT molecular complexity index is 1030. The Labute approximate surface area is 183 Å². The van der Waals surface area contributed by atoms with Crippen LogP contribution in [0.25, 0.3) is 20.7 Å². The highest BCUT2D eigenvalue weighted by atomic mass is 32.2. The van der Waals surface area contributed by atoms with Crippen molar-refractivity contribution >= 4 is 50.6 Å². The van der Waals surface area contributed by atoms with Crippen LogP contribution in [0.3, 0.4) is 0 Å². The van der Waals surface area contributed by atoms with Gasteiger partial charge in [-0.2, -0.15) is 0 Å². The van der Waals surface area contributed by atoms with Gasteiger partial charge in [0, 0.05) is 35.0 Å². The zero-order chi connectivity index (χ0) is 21.1. The third-order valence-electron chi connectivity index (χ3n) is 5.30. The summed E-state index contributed by atoms with van der Waals surface area (Å²) >= 11 is 4.44. The minimum absolute atomic E-state index is 0.0599. The van der Waals surface area contributed by atoms with E-state index in [2.05, 4.69) is 27.7 Å². The van der Waals surface area contributed by atoms with E-state index in [1.165, 1.54) is 23.1 Å². The molecule has 3 heterocycles. The number of thiophene rings is 2. The predicted molar refractivity (Wildman–Crippen MR) is 125 cm³/mol. The molecule has 29 heavy (non-hydrogen) atoms. The van der Waals surface area contributed by atoms with E-state index in [0.29, 0.717) is 10.5 Å². The first-order valence-electron chi connectivity index (χ1n) is 9.85. The second-order valence-corrected chi connectivity index (χ2v) is 9.92. The average Bonchev–Trinajstić information content (AvgIpc) is 3.38. The van der Waals surface area contributed by atoms with Gasteiger partial charge in [-0.1, -0.05) is 31.7 Å². The molecule has 0 aliphatic heterocycles. The van der Waals surface area contributed by atoms with Crippen LogP contribution in [-0.2, 0) is 11.8 Å². The van der Waals surface area contributed by atoms with Crippen LogP contribution in [0.15, 0.2) is 32.8 Å². The van der Waals surface area contributed by atoms with Crippen LogP contribution in [-0.4, -0.2) is 38.2 Å². The van der Waals surface area contributed by atoms with Crippen molar-refractivity contribution in [1.82, 2.24) is 14.5 Å². The number of rotatable bonds is 8. The Morgan fingerprint density at radius 1 is 1.24 bits per heavy atom. The quantitative estimate of drug-likeness (QED) is 0.348. The number of aromatic nitrogens is 2. The lowest BCUT2D eigenvalue weighted by atomic mass is 10.1. The molecule has 3 aromatic heterocycles. The van der Waals surface area contributed by atoms with E-state index in [1.54, 1.807) is 23.0 Å². The Hall–Kier alpha value is -1.64. The highest BCUT2D eigenvalue weighted by molar-refractivity contribution is 7.99. The number of carbonyl (C=O) groups is 1. The van der Waals surface area contributed by atoms with E-state index >= 15 is 0 Å². The van der Waals surface area contributed by atoms with Crippen molar-refractivity contribution in [3.8, 4) is 10.4 Å². The molecule has 2 atom stereocenters. The molecule has 8 heteroatoms. The lowest BCUT2D eigenvalue weighted by Crippen LogP contribution is -2.45. The SMILES string of the molecule is CCC(C)N(C(=O)CSc1nc2scc(-c3cccs3)c2c(=O)n1C)C(C)CC. The fraction of sp³-hybridized carbons (Fsp3) is 0.476. The van der Waals surface area contributed by atoms with Gasteiger partial charge in [-0.3, -0.25) is 14.2 Å². The normalized spacial score (nSPS) is 13.6. The van der Waals surface area contributed by atoms with Gasteiger partial charge in [0.1, 0.15) is 4.83 Å². The number of hydrogen-bond donors (Lipinski definition) is 0. The summed E-state index contributed by atoms with van der Waals surface area (Å²) in [6, 6.07) is 4.40. The lowest BCUT2D eigenvalue weighted by molar-refractivity contribution is -0.132. The molecule has 0 aromatic carbocycles. The van der Waals surface area contributed by atoms with Crippen LogP contribution in [0.4, 0.5) is 0 Å². The number of fused-ring (bicyclic) bond motifs is 1. The summed E-state index contributed by atoms with van der Waals surface area (Å²) in [5.74, 6) is 0.377. The summed E-state index contributed by atoms with van der Waals surface area (Å²) in [6.07, 6.45) is 1.84. The van der Waals surface area contributed by atoms with E-state index in [0.717, 1.165) is 28.1 Å². The minimum atomic E-state index is -0.0599. The van der Waals surface area contributed by atoms with Crippen LogP contribution in [0.5, 0.6) is 0 Å². The highest BCUT2D eigenvalue weighted by Gasteiger charge is 2.24. The van der Waals surface area contributed by atoms with Crippen molar-refractivity contribution in [1.29, 1.82) is 0 Å². The summed E-state index contributed by atoms with van der Waals surface area (Å²) in [5, 5.41) is 5.26. The molecule has 0 fully saturated rings. The summed E-state index contributed by atoms with van der Waals surface area (Å²) < 4.78 is 1.57. The molecule has 2 unspecified atom stereocenters. The Balaban J connectivity index is 1.87. The first-order valence-corrected chi connectivity index (χ1v) is 12.6. The summed E-state index contributed by atoms with van der Waals surface area (Å²) in [4.78, 5) is 34.5. The van der Waals surface area contributed by atoms with Crippen molar-refractivity contribution < 1.29 is 4.79 Å². The van der Waals surface area contributed by atoms with Gasteiger partial charge in [0.05, 0.1) is 11.1 Å². The first kappa shape index (κ1) is 22.1. The Morgan fingerprint density at radius 3 is 2.52 bits per heavy atom. The number of amides is 1. The number of thioether (sulfide) groups is 1. The standard InChI is InChI=1S/C21H27N3O2S3/c1-6-13(3)24(14(4)7-2)17(25)12-29-21-22-19-18(20(26)23(21)5)15(11-28-19)16-9-8-10-27-16/h8-11,13-14H,6-7,12H2,1-5H3. The van der Waals surface area contributed by atoms with Gasteiger partial charge in [0.25, 0.3) is 5.56 Å². The van der Waals surface area contributed by atoms with Crippen molar-refractivity contribution in [2.24, 2.45) is 7.05 Å². The van der Waals surface area contributed by atoms with E-state index in [1.807, 2.05) is 27.8 Å². The van der Waals surface area contributed by atoms with Crippen molar-refractivity contribution in [2.75, 3.05) is 5.75 Å². The average molecular weight is 450 g/mol.